The fourth-order valence-corrected chi connectivity index (χ4v) is 4.44. The molecule has 1 saturated carbocycles. The van der Waals surface area contributed by atoms with E-state index in [2.05, 4.69) is 49.2 Å². The normalized spacial score (nSPS) is 18.4. The van der Waals surface area contributed by atoms with E-state index in [1.165, 1.54) is 11.1 Å². The lowest BCUT2D eigenvalue weighted by Crippen LogP contribution is -2.41. The molecule has 168 valence electrons. The maximum absolute atomic E-state index is 13.2. The Morgan fingerprint density at radius 1 is 1.25 bits per heavy atom. The van der Waals surface area contributed by atoms with E-state index in [-0.39, 0.29) is 23.8 Å². The second-order valence-electron chi connectivity index (χ2n) is 8.78. The number of benzene rings is 2. The Hall–Kier alpha value is -3.08. The molecule has 2 amide bonds. The monoisotopic (exact) mass is 432 g/mol. The zero-order chi connectivity index (χ0) is 22.7. The summed E-state index contributed by atoms with van der Waals surface area (Å²) >= 11 is 0. The number of fused-ring (bicyclic) bond motifs is 1. The molecule has 0 unspecified atom stereocenters. The van der Waals surface area contributed by atoms with Gasteiger partial charge in [0.05, 0.1) is 6.04 Å². The summed E-state index contributed by atoms with van der Waals surface area (Å²) in [7, 11) is 0. The zero-order valence-corrected chi connectivity index (χ0v) is 19.0. The number of carbonyl (C=O) groups excluding carboxylic acids is 2. The van der Waals surface area contributed by atoms with Crippen molar-refractivity contribution in [2.45, 2.75) is 51.7 Å². The molecule has 1 fully saturated rings. The van der Waals surface area contributed by atoms with Gasteiger partial charge in [0.15, 0.2) is 6.10 Å². The molecule has 2 aromatic rings. The van der Waals surface area contributed by atoms with Crippen LogP contribution in [0.3, 0.4) is 0 Å². The van der Waals surface area contributed by atoms with Crippen LogP contribution in [0.25, 0.3) is 0 Å². The lowest BCUT2D eigenvalue weighted by Gasteiger charge is -2.38. The van der Waals surface area contributed by atoms with Gasteiger partial charge in [0.2, 0.25) is 5.91 Å². The molecule has 32 heavy (non-hydrogen) atoms. The highest BCUT2D eigenvalue weighted by Gasteiger charge is 2.39. The van der Waals surface area contributed by atoms with Crippen molar-refractivity contribution in [3.63, 3.8) is 0 Å². The smallest absolute Gasteiger partial charge is 0.261 e. The summed E-state index contributed by atoms with van der Waals surface area (Å²) in [4.78, 5) is 27.7. The number of hydrogen-bond acceptors (Lipinski definition) is 3. The van der Waals surface area contributed by atoms with Crippen molar-refractivity contribution in [1.29, 1.82) is 0 Å². The first-order valence-corrected chi connectivity index (χ1v) is 11.6. The van der Waals surface area contributed by atoms with Gasteiger partial charge in [0, 0.05) is 19.0 Å². The van der Waals surface area contributed by atoms with Gasteiger partial charge in [0.25, 0.3) is 5.91 Å². The first-order valence-electron chi connectivity index (χ1n) is 11.6. The average molecular weight is 433 g/mol. The summed E-state index contributed by atoms with van der Waals surface area (Å²) in [6.07, 6.45) is 4.45. The Kier molecular flexibility index (Phi) is 6.63. The van der Waals surface area contributed by atoms with Crippen LogP contribution in [0.4, 0.5) is 0 Å². The SMILES string of the molecule is C=CCNC(=O)[C@@H](CC)Oc1ccc2c(c1)[C@H](c1cccc(C)c1)N(C(=O)C1CC1)CC2. The zero-order valence-electron chi connectivity index (χ0n) is 19.0. The van der Waals surface area contributed by atoms with Gasteiger partial charge in [-0.3, -0.25) is 9.59 Å². The number of aryl methyl sites for hydroxylation is 1. The molecule has 0 bridgehead atoms. The third kappa shape index (κ3) is 4.72. The van der Waals surface area contributed by atoms with E-state index >= 15 is 0 Å². The van der Waals surface area contributed by atoms with E-state index in [0.29, 0.717) is 18.7 Å². The number of nitrogens with one attached hydrogen (secondary N) is 1. The van der Waals surface area contributed by atoms with Crippen molar-refractivity contribution in [3.05, 3.63) is 77.4 Å². The lowest BCUT2D eigenvalue weighted by molar-refractivity contribution is -0.134. The van der Waals surface area contributed by atoms with E-state index in [1.54, 1.807) is 6.08 Å². The Balaban J connectivity index is 1.68. The van der Waals surface area contributed by atoms with Gasteiger partial charge in [-0.15, -0.1) is 6.58 Å². The molecule has 1 aliphatic carbocycles. The maximum Gasteiger partial charge on any atom is 0.261 e. The third-order valence-corrected chi connectivity index (χ3v) is 6.28. The summed E-state index contributed by atoms with van der Waals surface area (Å²) in [5.41, 5.74) is 4.61. The number of hydrogen-bond donors (Lipinski definition) is 1. The number of rotatable bonds is 8. The summed E-state index contributed by atoms with van der Waals surface area (Å²) in [5, 5.41) is 2.81. The van der Waals surface area contributed by atoms with Crippen LogP contribution < -0.4 is 10.1 Å². The Morgan fingerprint density at radius 2 is 2.06 bits per heavy atom. The molecule has 5 heteroatoms. The Bertz CT molecular complexity index is 1010. The van der Waals surface area contributed by atoms with Gasteiger partial charge in [-0.25, -0.2) is 0 Å². The molecule has 4 rings (SSSR count). The van der Waals surface area contributed by atoms with E-state index in [9.17, 15) is 9.59 Å². The molecule has 2 aromatic carbocycles. The minimum absolute atomic E-state index is 0.134. The highest BCUT2D eigenvalue weighted by molar-refractivity contribution is 5.82. The van der Waals surface area contributed by atoms with Crippen LogP contribution in [0, 0.1) is 12.8 Å². The summed E-state index contributed by atoms with van der Waals surface area (Å²) in [6.45, 7) is 8.79. The molecule has 1 heterocycles. The van der Waals surface area contributed by atoms with Crippen molar-refractivity contribution in [2.24, 2.45) is 5.92 Å². The number of carbonyl (C=O) groups is 2. The van der Waals surface area contributed by atoms with Gasteiger partial charge in [-0.1, -0.05) is 48.9 Å². The predicted molar refractivity (Wildman–Crippen MR) is 126 cm³/mol. The third-order valence-electron chi connectivity index (χ3n) is 6.28. The van der Waals surface area contributed by atoms with Gasteiger partial charge in [0.1, 0.15) is 5.75 Å². The Morgan fingerprint density at radius 3 is 2.75 bits per heavy atom. The second-order valence-corrected chi connectivity index (χ2v) is 8.78. The molecule has 1 N–H and O–H groups in total. The molecule has 0 aromatic heterocycles. The lowest BCUT2D eigenvalue weighted by atomic mass is 9.87. The van der Waals surface area contributed by atoms with Crippen molar-refractivity contribution >= 4 is 11.8 Å². The quantitative estimate of drug-likeness (QED) is 0.632. The minimum atomic E-state index is -0.571. The topological polar surface area (TPSA) is 58.6 Å². The molecular formula is C27H32N2O3. The standard InChI is InChI=1S/C27H32N2O3/c1-4-14-28-26(30)24(5-2)32-22-12-11-19-13-15-29(27(31)20-9-10-20)25(23(19)17-22)21-8-6-7-18(3)16-21/h4,6-8,11-12,16-17,20,24-25H,1,5,9-10,13-15H2,2-3H3,(H,28,30)/t24-,25+/m1/s1. The van der Waals surface area contributed by atoms with Crippen LogP contribution in [0.1, 0.15) is 54.5 Å². The summed E-state index contributed by atoms with van der Waals surface area (Å²) in [5.74, 6) is 0.929. The molecule has 0 saturated heterocycles. The van der Waals surface area contributed by atoms with Gasteiger partial charge in [-0.05, 0) is 61.4 Å². The molecule has 0 radical (unpaired) electrons. The first-order chi connectivity index (χ1) is 15.5. The van der Waals surface area contributed by atoms with Crippen LogP contribution in [-0.2, 0) is 16.0 Å². The number of nitrogens with zero attached hydrogens (tertiary/aromatic N) is 1. The van der Waals surface area contributed by atoms with E-state index in [1.807, 2.05) is 24.0 Å². The average Bonchev–Trinajstić information content (AvgIpc) is 3.65. The Labute approximate surface area is 190 Å². The van der Waals surface area contributed by atoms with Crippen LogP contribution >= 0.6 is 0 Å². The molecule has 5 nitrogen and oxygen atoms in total. The minimum Gasteiger partial charge on any atom is -0.481 e. The molecule has 1 aliphatic heterocycles. The summed E-state index contributed by atoms with van der Waals surface area (Å²) in [6, 6.07) is 14.3. The first kappa shape index (κ1) is 22.1. The van der Waals surface area contributed by atoms with E-state index in [0.717, 1.165) is 36.9 Å². The highest BCUT2D eigenvalue weighted by atomic mass is 16.5. The fourth-order valence-electron chi connectivity index (χ4n) is 4.44. The predicted octanol–water partition coefficient (Wildman–Crippen LogP) is 4.34. The van der Waals surface area contributed by atoms with Crippen molar-refractivity contribution in [2.75, 3.05) is 13.1 Å². The second kappa shape index (κ2) is 9.60. The molecular weight excluding hydrogens is 400 g/mol. The number of amides is 2. The van der Waals surface area contributed by atoms with Crippen molar-refractivity contribution < 1.29 is 14.3 Å². The van der Waals surface area contributed by atoms with Gasteiger partial charge < -0.3 is 15.0 Å². The van der Waals surface area contributed by atoms with Crippen LogP contribution in [0.2, 0.25) is 0 Å². The largest absolute Gasteiger partial charge is 0.481 e. The fraction of sp³-hybridized carbons (Fsp3) is 0.407. The van der Waals surface area contributed by atoms with Crippen LogP contribution in [0.5, 0.6) is 5.75 Å². The van der Waals surface area contributed by atoms with Crippen LogP contribution in [0.15, 0.2) is 55.1 Å². The van der Waals surface area contributed by atoms with Gasteiger partial charge >= 0.3 is 0 Å². The number of ether oxygens (including phenoxy) is 1. The molecule has 0 spiro atoms. The maximum atomic E-state index is 13.2. The van der Waals surface area contributed by atoms with Crippen molar-refractivity contribution in [3.8, 4) is 5.75 Å². The van der Waals surface area contributed by atoms with E-state index in [4.69, 9.17) is 4.74 Å². The van der Waals surface area contributed by atoms with E-state index < -0.39 is 6.10 Å². The molecule has 2 atom stereocenters. The van der Waals surface area contributed by atoms with Crippen LogP contribution in [-0.4, -0.2) is 35.9 Å². The highest BCUT2D eigenvalue weighted by Crippen LogP contribution is 2.41. The van der Waals surface area contributed by atoms with Crippen molar-refractivity contribution in [1.82, 2.24) is 10.2 Å². The summed E-state index contributed by atoms with van der Waals surface area (Å²) < 4.78 is 6.10. The molecule has 2 aliphatic rings. The van der Waals surface area contributed by atoms with Gasteiger partial charge in [-0.2, -0.15) is 0 Å².